The second kappa shape index (κ2) is 5.92. The van der Waals surface area contributed by atoms with E-state index < -0.39 is 11.7 Å². The third-order valence-electron chi connectivity index (χ3n) is 3.47. The van der Waals surface area contributed by atoms with Crippen molar-refractivity contribution in [2.45, 2.75) is 38.4 Å². The largest absolute Gasteiger partial charge is 0.416 e. The number of benzene rings is 1. The summed E-state index contributed by atoms with van der Waals surface area (Å²) in [6, 6.07) is 5.41. The van der Waals surface area contributed by atoms with Gasteiger partial charge in [0.15, 0.2) is 0 Å². The van der Waals surface area contributed by atoms with E-state index in [4.69, 9.17) is 0 Å². The maximum Gasteiger partial charge on any atom is 0.416 e. The van der Waals surface area contributed by atoms with Crippen LogP contribution in [0.2, 0.25) is 0 Å². The van der Waals surface area contributed by atoms with Crippen LogP contribution in [0.15, 0.2) is 24.3 Å². The number of piperidine rings is 1. The highest BCUT2D eigenvalue weighted by Crippen LogP contribution is 2.29. The van der Waals surface area contributed by atoms with Crippen molar-refractivity contribution in [1.82, 2.24) is 10.4 Å². The molecule has 2 rings (SSSR count). The fourth-order valence-corrected chi connectivity index (χ4v) is 2.33. The van der Waals surface area contributed by atoms with Crippen LogP contribution < -0.4 is 5.43 Å². The molecule has 0 bridgehead atoms. The summed E-state index contributed by atoms with van der Waals surface area (Å²) in [5.41, 5.74) is 3.62. The molecule has 0 amide bonds. The number of halogens is 3. The summed E-state index contributed by atoms with van der Waals surface area (Å²) in [5, 5.41) is 2.16. The Bertz CT molecular complexity index is 394. The van der Waals surface area contributed by atoms with Crippen molar-refractivity contribution in [3.63, 3.8) is 0 Å². The predicted octanol–water partition coefficient (Wildman–Crippen LogP) is 3.76. The molecule has 0 aliphatic carbocycles. The van der Waals surface area contributed by atoms with Crippen molar-refractivity contribution >= 4 is 0 Å². The molecule has 5 heteroatoms. The molecule has 106 valence electrons. The first-order valence-corrected chi connectivity index (χ1v) is 6.65. The van der Waals surface area contributed by atoms with Gasteiger partial charge in [0.1, 0.15) is 0 Å². The molecule has 1 aromatic rings. The van der Waals surface area contributed by atoms with Gasteiger partial charge in [-0.2, -0.15) is 13.2 Å². The standard InChI is InChI=1S/C14H19F3N2/c1-11(18-19-9-3-2-4-10-19)12-5-7-13(8-6-12)14(15,16)17/h5-8,11,18H,2-4,9-10H2,1H3. The lowest BCUT2D eigenvalue weighted by Gasteiger charge is -2.30. The van der Waals surface area contributed by atoms with Crippen LogP contribution in [0.4, 0.5) is 13.2 Å². The summed E-state index contributed by atoms with van der Waals surface area (Å²) in [7, 11) is 0. The molecule has 19 heavy (non-hydrogen) atoms. The minimum Gasteiger partial charge on any atom is -0.248 e. The first-order chi connectivity index (χ1) is 8.97. The molecule has 1 saturated heterocycles. The van der Waals surface area contributed by atoms with Crippen LogP contribution in [-0.4, -0.2) is 18.1 Å². The van der Waals surface area contributed by atoms with Crippen molar-refractivity contribution in [1.29, 1.82) is 0 Å². The summed E-state index contributed by atoms with van der Waals surface area (Å²) in [4.78, 5) is 0. The van der Waals surface area contributed by atoms with Crippen molar-refractivity contribution < 1.29 is 13.2 Å². The summed E-state index contributed by atoms with van der Waals surface area (Å²) < 4.78 is 37.4. The fraction of sp³-hybridized carbons (Fsp3) is 0.571. The van der Waals surface area contributed by atoms with E-state index >= 15 is 0 Å². The van der Waals surface area contributed by atoms with Crippen LogP contribution in [0.25, 0.3) is 0 Å². The van der Waals surface area contributed by atoms with Gasteiger partial charge >= 0.3 is 6.18 Å². The molecule has 2 nitrogen and oxygen atoms in total. The maximum atomic E-state index is 12.5. The average Bonchev–Trinajstić information content (AvgIpc) is 2.39. The van der Waals surface area contributed by atoms with E-state index in [1.54, 1.807) is 12.1 Å². The fourth-order valence-electron chi connectivity index (χ4n) is 2.33. The molecular formula is C14H19F3N2. The minimum absolute atomic E-state index is 0.0281. The Kier molecular flexibility index (Phi) is 4.47. The Balaban J connectivity index is 1.97. The molecule has 1 fully saturated rings. The first-order valence-electron chi connectivity index (χ1n) is 6.65. The highest BCUT2D eigenvalue weighted by molar-refractivity contribution is 5.26. The molecule has 1 unspecified atom stereocenters. The van der Waals surface area contributed by atoms with Crippen LogP contribution >= 0.6 is 0 Å². The molecule has 0 aromatic heterocycles. The number of alkyl halides is 3. The molecule has 1 aliphatic heterocycles. The van der Waals surface area contributed by atoms with Crippen LogP contribution in [0.1, 0.15) is 43.4 Å². The second-order valence-electron chi connectivity index (χ2n) is 5.02. The van der Waals surface area contributed by atoms with Gasteiger partial charge in [0, 0.05) is 19.1 Å². The second-order valence-corrected chi connectivity index (χ2v) is 5.02. The number of hydrazine groups is 1. The van der Waals surface area contributed by atoms with Crippen molar-refractivity contribution in [3.8, 4) is 0 Å². The van der Waals surface area contributed by atoms with E-state index in [9.17, 15) is 13.2 Å². The van der Waals surface area contributed by atoms with Crippen LogP contribution in [-0.2, 0) is 6.18 Å². The van der Waals surface area contributed by atoms with Crippen LogP contribution in [0, 0.1) is 0 Å². The minimum atomic E-state index is -4.26. The predicted molar refractivity (Wildman–Crippen MR) is 68.4 cm³/mol. The molecule has 1 aromatic carbocycles. The molecular weight excluding hydrogens is 253 g/mol. The lowest BCUT2D eigenvalue weighted by molar-refractivity contribution is -0.137. The van der Waals surface area contributed by atoms with Gasteiger partial charge in [-0.1, -0.05) is 18.6 Å². The van der Waals surface area contributed by atoms with Gasteiger partial charge in [-0.25, -0.2) is 10.4 Å². The third-order valence-corrected chi connectivity index (χ3v) is 3.47. The summed E-state index contributed by atoms with van der Waals surface area (Å²) in [6.07, 6.45) is -0.658. The summed E-state index contributed by atoms with van der Waals surface area (Å²) in [5.74, 6) is 0. The molecule has 0 spiro atoms. The molecule has 1 atom stereocenters. The Morgan fingerprint density at radius 2 is 1.63 bits per heavy atom. The zero-order valence-electron chi connectivity index (χ0n) is 11.0. The number of rotatable bonds is 3. The quantitative estimate of drug-likeness (QED) is 0.901. The van der Waals surface area contributed by atoms with E-state index in [2.05, 4.69) is 10.4 Å². The number of nitrogens with zero attached hydrogens (tertiary/aromatic N) is 1. The van der Waals surface area contributed by atoms with Gasteiger partial charge in [-0.3, -0.25) is 0 Å². The van der Waals surface area contributed by atoms with E-state index in [1.165, 1.54) is 19.3 Å². The molecule has 0 saturated carbocycles. The molecule has 1 N–H and O–H groups in total. The zero-order chi connectivity index (χ0) is 13.9. The highest BCUT2D eigenvalue weighted by atomic mass is 19.4. The number of nitrogens with one attached hydrogen (secondary N) is 1. The molecule has 0 radical (unpaired) electrons. The van der Waals surface area contributed by atoms with Gasteiger partial charge in [0.25, 0.3) is 0 Å². The van der Waals surface area contributed by atoms with Gasteiger partial charge < -0.3 is 0 Å². The Labute approximate surface area is 111 Å². The highest BCUT2D eigenvalue weighted by Gasteiger charge is 2.30. The first kappa shape index (κ1) is 14.3. The lowest BCUT2D eigenvalue weighted by atomic mass is 10.1. The molecule has 1 heterocycles. The van der Waals surface area contributed by atoms with Gasteiger partial charge in [-0.15, -0.1) is 0 Å². The lowest BCUT2D eigenvalue weighted by Crippen LogP contribution is -2.42. The average molecular weight is 272 g/mol. The third kappa shape index (κ3) is 3.94. The van der Waals surface area contributed by atoms with E-state index in [1.807, 2.05) is 6.92 Å². The Hall–Kier alpha value is -1.07. The monoisotopic (exact) mass is 272 g/mol. The number of hydrogen-bond acceptors (Lipinski definition) is 2. The summed E-state index contributed by atoms with van der Waals surface area (Å²) in [6.45, 7) is 3.98. The van der Waals surface area contributed by atoms with E-state index in [0.29, 0.717) is 0 Å². The van der Waals surface area contributed by atoms with Gasteiger partial charge in [-0.05, 0) is 37.5 Å². The summed E-state index contributed by atoms with van der Waals surface area (Å²) >= 11 is 0. The van der Waals surface area contributed by atoms with E-state index in [0.717, 1.165) is 30.8 Å². The normalized spacial score (nSPS) is 19.4. The van der Waals surface area contributed by atoms with Crippen molar-refractivity contribution in [2.24, 2.45) is 0 Å². The Morgan fingerprint density at radius 1 is 1.05 bits per heavy atom. The van der Waals surface area contributed by atoms with Crippen LogP contribution in [0.3, 0.4) is 0 Å². The van der Waals surface area contributed by atoms with E-state index in [-0.39, 0.29) is 6.04 Å². The van der Waals surface area contributed by atoms with Gasteiger partial charge in [0.05, 0.1) is 5.56 Å². The Morgan fingerprint density at radius 3 is 2.16 bits per heavy atom. The van der Waals surface area contributed by atoms with Gasteiger partial charge in [0.2, 0.25) is 0 Å². The SMILES string of the molecule is CC(NN1CCCCC1)c1ccc(C(F)(F)F)cc1. The smallest absolute Gasteiger partial charge is 0.248 e. The topological polar surface area (TPSA) is 15.3 Å². The van der Waals surface area contributed by atoms with Crippen LogP contribution in [0.5, 0.6) is 0 Å². The van der Waals surface area contributed by atoms with Crippen molar-refractivity contribution in [2.75, 3.05) is 13.1 Å². The molecule has 1 aliphatic rings. The van der Waals surface area contributed by atoms with Crippen molar-refractivity contribution in [3.05, 3.63) is 35.4 Å². The maximum absolute atomic E-state index is 12.5. The number of hydrogen-bond donors (Lipinski definition) is 1. The zero-order valence-corrected chi connectivity index (χ0v) is 11.0.